The van der Waals surface area contributed by atoms with Crippen LogP contribution in [0.2, 0.25) is 0 Å². The zero-order valence-corrected chi connectivity index (χ0v) is 9.11. The molecule has 1 fully saturated rings. The van der Waals surface area contributed by atoms with Crippen LogP contribution >= 0.6 is 0 Å². The maximum absolute atomic E-state index is 13.3. The Bertz CT molecular complexity index is 428. The molecule has 1 saturated carbocycles. The average Bonchev–Trinajstić information content (AvgIpc) is 2.72. The molecular formula is C12H13FO3. The lowest BCUT2D eigenvalue weighted by Crippen LogP contribution is -2.08. The van der Waals surface area contributed by atoms with Crippen LogP contribution in [0.15, 0.2) is 24.3 Å². The number of aliphatic carboxylic acids is 1. The van der Waals surface area contributed by atoms with Gasteiger partial charge in [0.05, 0.1) is 0 Å². The second kappa shape index (κ2) is 3.47. The Labute approximate surface area is 92.9 Å². The topological polar surface area (TPSA) is 46.5 Å². The summed E-state index contributed by atoms with van der Waals surface area (Å²) < 4.78 is 18.7. The number of rotatable bonds is 3. The van der Waals surface area contributed by atoms with E-state index in [1.165, 1.54) is 12.1 Å². The molecule has 0 radical (unpaired) electrons. The summed E-state index contributed by atoms with van der Waals surface area (Å²) in [6, 6.07) is 6.02. The summed E-state index contributed by atoms with van der Waals surface area (Å²) in [5.74, 6) is -1.81. The van der Waals surface area contributed by atoms with Crippen molar-refractivity contribution in [1.82, 2.24) is 0 Å². The molecule has 86 valence electrons. The molecule has 0 bridgehead atoms. The van der Waals surface area contributed by atoms with Crippen molar-refractivity contribution >= 4 is 5.97 Å². The number of hydrogen-bond donors (Lipinski definition) is 1. The van der Waals surface area contributed by atoms with Gasteiger partial charge in [0.2, 0.25) is 0 Å². The summed E-state index contributed by atoms with van der Waals surface area (Å²) in [7, 11) is 0. The van der Waals surface area contributed by atoms with Gasteiger partial charge in [0.25, 0.3) is 0 Å². The highest BCUT2D eigenvalue weighted by Crippen LogP contribution is 2.54. The quantitative estimate of drug-likeness (QED) is 0.857. The number of carboxylic acids is 1. The molecule has 1 aliphatic rings. The van der Waals surface area contributed by atoms with Gasteiger partial charge in [-0.2, -0.15) is 0 Å². The molecule has 1 aromatic carbocycles. The smallest absolute Gasteiger partial charge is 0.310 e. The van der Waals surface area contributed by atoms with E-state index in [-0.39, 0.29) is 5.75 Å². The molecule has 0 aliphatic heterocycles. The lowest BCUT2D eigenvalue weighted by Gasteiger charge is -2.07. The molecule has 4 heteroatoms. The Morgan fingerprint density at radius 2 is 2.06 bits per heavy atom. The van der Waals surface area contributed by atoms with Gasteiger partial charge >= 0.3 is 5.97 Å². The van der Waals surface area contributed by atoms with Crippen molar-refractivity contribution in [3.63, 3.8) is 0 Å². The highest BCUT2D eigenvalue weighted by atomic mass is 19.1. The number of hydrogen-bond acceptors (Lipinski definition) is 2. The van der Waals surface area contributed by atoms with E-state index in [1.807, 2.05) is 0 Å². The number of carbonyl (C=O) groups is 1. The fourth-order valence-corrected chi connectivity index (χ4v) is 1.94. The largest absolute Gasteiger partial charge is 0.486 e. The molecule has 1 aliphatic carbocycles. The Morgan fingerprint density at radius 1 is 1.44 bits per heavy atom. The van der Waals surface area contributed by atoms with Crippen LogP contribution in [0.1, 0.15) is 13.8 Å². The molecule has 16 heavy (non-hydrogen) atoms. The first-order valence-electron chi connectivity index (χ1n) is 5.08. The number of halogens is 1. The van der Waals surface area contributed by atoms with Gasteiger partial charge in [-0.05, 0) is 12.1 Å². The summed E-state index contributed by atoms with van der Waals surface area (Å²) >= 11 is 0. The number of benzene rings is 1. The highest BCUT2D eigenvalue weighted by molar-refractivity contribution is 5.76. The minimum Gasteiger partial charge on any atom is -0.486 e. The third-order valence-corrected chi connectivity index (χ3v) is 3.09. The highest BCUT2D eigenvalue weighted by Gasteiger charge is 2.65. The fourth-order valence-electron chi connectivity index (χ4n) is 1.94. The van der Waals surface area contributed by atoms with Gasteiger partial charge in [0.1, 0.15) is 12.0 Å². The van der Waals surface area contributed by atoms with Crippen molar-refractivity contribution in [2.24, 2.45) is 11.3 Å². The SMILES string of the molecule is CC1(C)C(Oc2ccccc2F)C1C(=O)O. The van der Waals surface area contributed by atoms with Gasteiger partial charge in [-0.15, -0.1) is 0 Å². The molecular weight excluding hydrogens is 211 g/mol. The first-order chi connectivity index (χ1) is 7.44. The number of ether oxygens (including phenoxy) is 1. The second-order valence-electron chi connectivity index (χ2n) is 4.61. The molecule has 0 spiro atoms. The third kappa shape index (κ3) is 1.64. The predicted molar refractivity (Wildman–Crippen MR) is 55.7 cm³/mol. The van der Waals surface area contributed by atoms with Crippen LogP contribution < -0.4 is 4.74 Å². The molecule has 2 rings (SSSR count). The van der Waals surface area contributed by atoms with E-state index in [9.17, 15) is 9.18 Å². The molecule has 0 saturated heterocycles. The first kappa shape index (κ1) is 10.9. The Kier molecular flexibility index (Phi) is 2.37. The van der Waals surface area contributed by atoms with Gasteiger partial charge < -0.3 is 9.84 Å². The third-order valence-electron chi connectivity index (χ3n) is 3.09. The maximum atomic E-state index is 13.3. The Balaban J connectivity index is 2.14. The van der Waals surface area contributed by atoms with E-state index < -0.39 is 29.2 Å². The Morgan fingerprint density at radius 3 is 2.56 bits per heavy atom. The van der Waals surface area contributed by atoms with Crippen LogP contribution in [-0.4, -0.2) is 17.2 Å². The normalized spacial score (nSPS) is 26.2. The zero-order chi connectivity index (χ0) is 11.9. The van der Waals surface area contributed by atoms with Gasteiger partial charge in [0, 0.05) is 5.41 Å². The van der Waals surface area contributed by atoms with Crippen molar-refractivity contribution in [2.45, 2.75) is 20.0 Å². The number of para-hydroxylation sites is 1. The summed E-state index contributed by atoms with van der Waals surface area (Å²) in [4.78, 5) is 10.9. The summed E-state index contributed by atoms with van der Waals surface area (Å²) in [5, 5.41) is 8.93. The van der Waals surface area contributed by atoms with E-state index in [4.69, 9.17) is 9.84 Å². The molecule has 2 atom stereocenters. The monoisotopic (exact) mass is 224 g/mol. The minimum absolute atomic E-state index is 0.115. The van der Waals surface area contributed by atoms with Crippen LogP contribution in [-0.2, 0) is 4.79 Å². The summed E-state index contributed by atoms with van der Waals surface area (Å²) in [5.41, 5.74) is -0.436. The molecule has 3 nitrogen and oxygen atoms in total. The van der Waals surface area contributed by atoms with Crippen molar-refractivity contribution < 1.29 is 19.0 Å². The van der Waals surface area contributed by atoms with Crippen LogP contribution in [0, 0.1) is 17.2 Å². The van der Waals surface area contributed by atoms with Crippen LogP contribution in [0.25, 0.3) is 0 Å². The van der Waals surface area contributed by atoms with E-state index in [0.29, 0.717) is 0 Å². The lowest BCUT2D eigenvalue weighted by atomic mass is 10.1. The molecule has 0 heterocycles. The zero-order valence-electron chi connectivity index (χ0n) is 9.11. The van der Waals surface area contributed by atoms with E-state index >= 15 is 0 Å². The predicted octanol–water partition coefficient (Wildman–Crippen LogP) is 2.31. The van der Waals surface area contributed by atoms with Crippen molar-refractivity contribution in [1.29, 1.82) is 0 Å². The van der Waals surface area contributed by atoms with Gasteiger partial charge in [-0.3, -0.25) is 4.79 Å². The van der Waals surface area contributed by atoms with Gasteiger partial charge in [-0.1, -0.05) is 26.0 Å². The minimum atomic E-state index is -0.897. The molecule has 0 amide bonds. The van der Waals surface area contributed by atoms with Crippen molar-refractivity contribution in [2.75, 3.05) is 0 Å². The maximum Gasteiger partial charge on any atom is 0.310 e. The lowest BCUT2D eigenvalue weighted by molar-refractivity contribution is -0.139. The van der Waals surface area contributed by atoms with E-state index in [1.54, 1.807) is 26.0 Å². The van der Waals surface area contributed by atoms with Crippen molar-refractivity contribution in [3.8, 4) is 5.75 Å². The van der Waals surface area contributed by atoms with E-state index in [2.05, 4.69) is 0 Å². The van der Waals surface area contributed by atoms with Crippen LogP contribution in [0.4, 0.5) is 4.39 Å². The molecule has 2 unspecified atom stereocenters. The first-order valence-corrected chi connectivity index (χ1v) is 5.08. The standard InChI is InChI=1S/C12H13FO3/c1-12(2)9(11(14)15)10(12)16-8-6-4-3-5-7(8)13/h3-6,9-10H,1-2H3,(H,14,15). The summed E-state index contributed by atoms with van der Waals surface area (Å²) in [6.07, 6.45) is -0.457. The van der Waals surface area contributed by atoms with Crippen molar-refractivity contribution in [3.05, 3.63) is 30.1 Å². The van der Waals surface area contributed by atoms with Crippen LogP contribution in [0.5, 0.6) is 5.75 Å². The van der Waals surface area contributed by atoms with E-state index in [0.717, 1.165) is 0 Å². The average molecular weight is 224 g/mol. The second-order valence-corrected chi connectivity index (χ2v) is 4.61. The fraction of sp³-hybridized carbons (Fsp3) is 0.417. The number of carboxylic acid groups (broad SMARTS) is 1. The molecule has 0 aromatic heterocycles. The molecule has 1 aromatic rings. The van der Waals surface area contributed by atoms with Gasteiger partial charge in [-0.25, -0.2) is 4.39 Å². The van der Waals surface area contributed by atoms with Crippen LogP contribution in [0.3, 0.4) is 0 Å². The van der Waals surface area contributed by atoms with Gasteiger partial charge in [0.15, 0.2) is 11.6 Å². The summed E-state index contributed by atoms with van der Waals surface area (Å²) in [6.45, 7) is 3.61. The molecule has 1 N–H and O–H groups in total. The Hall–Kier alpha value is -1.58.